The summed E-state index contributed by atoms with van der Waals surface area (Å²) in [5.74, 6) is 1.07. The number of hydrogen-bond donors (Lipinski definition) is 2. The number of piperidine rings is 1. The number of nitrogens with one attached hydrogen (secondary N) is 2. The lowest BCUT2D eigenvalue weighted by molar-refractivity contribution is -0.119. The predicted octanol–water partition coefficient (Wildman–Crippen LogP) is 1.81. The minimum atomic E-state index is -0.122. The molecule has 2 N–H and O–H groups in total. The Bertz CT molecular complexity index is 436. The molecule has 2 atom stereocenters. The molecule has 1 aliphatic rings. The van der Waals surface area contributed by atoms with Crippen molar-refractivity contribution in [3.05, 3.63) is 18.3 Å². The van der Waals surface area contributed by atoms with E-state index in [2.05, 4.69) is 22.5 Å². The maximum absolute atomic E-state index is 12.2. The molecule has 1 fully saturated rings. The zero-order chi connectivity index (χ0) is 13.7. The van der Waals surface area contributed by atoms with Crippen LogP contribution < -0.4 is 15.4 Å². The number of aromatic nitrogens is 1. The zero-order valence-electron chi connectivity index (χ0n) is 11.5. The maximum Gasteiger partial charge on any atom is 0.241 e. The fourth-order valence-corrected chi connectivity index (χ4v) is 2.44. The molecule has 0 spiro atoms. The normalized spacial score (nSPS) is 22.8. The van der Waals surface area contributed by atoms with Gasteiger partial charge in [0.05, 0.1) is 13.2 Å². The van der Waals surface area contributed by atoms with Crippen LogP contribution in [0.2, 0.25) is 0 Å². The summed E-state index contributed by atoms with van der Waals surface area (Å²) in [4.78, 5) is 16.3. The van der Waals surface area contributed by atoms with E-state index in [0.29, 0.717) is 17.5 Å². The minimum absolute atomic E-state index is 0.00977. The summed E-state index contributed by atoms with van der Waals surface area (Å²) in [7, 11) is 1.55. The minimum Gasteiger partial charge on any atom is -0.480 e. The lowest BCUT2D eigenvalue weighted by Crippen LogP contribution is -2.46. The van der Waals surface area contributed by atoms with Gasteiger partial charge in [0.15, 0.2) is 0 Å². The van der Waals surface area contributed by atoms with E-state index in [4.69, 9.17) is 4.74 Å². The molecular weight excluding hydrogens is 242 g/mol. The topological polar surface area (TPSA) is 63.2 Å². The number of ether oxygens (including phenoxy) is 1. The Labute approximate surface area is 113 Å². The van der Waals surface area contributed by atoms with Gasteiger partial charge in [-0.1, -0.05) is 13.3 Å². The highest BCUT2D eigenvalue weighted by Crippen LogP contribution is 2.23. The first-order chi connectivity index (χ1) is 9.24. The van der Waals surface area contributed by atoms with E-state index >= 15 is 0 Å². The zero-order valence-corrected chi connectivity index (χ0v) is 11.5. The molecule has 2 rings (SSSR count). The second-order valence-electron chi connectivity index (χ2n) is 4.85. The molecule has 1 amide bonds. The number of carbonyl (C=O) groups is 1. The molecular formula is C14H21N3O2. The quantitative estimate of drug-likeness (QED) is 0.869. The van der Waals surface area contributed by atoms with Gasteiger partial charge in [0.25, 0.3) is 0 Å². The average Bonchev–Trinajstić information content (AvgIpc) is 2.47. The van der Waals surface area contributed by atoms with Crippen molar-refractivity contribution in [2.75, 3.05) is 19.0 Å². The van der Waals surface area contributed by atoms with E-state index < -0.39 is 0 Å². The van der Waals surface area contributed by atoms with E-state index in [1.165, 1.54) is 0 Å². The van der Waals surface area contributed by atoms with Gasteiger partial charge in [-0.3, -0.25) is 4.79 Å². The highest BCUT2D eigenvalue weighted by molar-refractivity contribution is 5.95. The van der Waals surface area contributed by atoms with E-state index in [0.717, 1.165) is 25.8 Å². The van der Waals surface area contributed by atoms with Gasteiger partial charge < -0.3 is 15.4 Å². The molecule has 104 valence electrons. The van der Waals surface area contributed by atoms with Crippen molar-refractivity contribution in [2.45, 2.75) is 32.2 Å². The van der Waals surface area contributed by atoms with Crippen molar-refractivity contribution in [3.8, 4) is 5.88 Å². The molecule has 1 aromatic rings. The van der Waals surface area contributed by atoms with Crippen LogP contribution >= 0.6 is 0 Å². The third-order valence-electron chi connectivity index (χ3n) is 3.63. The van der Waals surface area contributed by atoms with E-state index in [-0.39, 0.29) is 11.9 Å². The van der Waals surface area contributed by atoms with Crippen molar-refractivity contribution < 1.29 is 9.53 Å². The standard InChI is InChI=1S/C14H21N3O2/c1-3-10-6-8-15-12(9-10)13(18)17-11-5-4-7-16-14(11)19-2/h4-5,7,10,12,15H,3,6,8-9H2,1-2H3,(H,17,18). The SMILES string of the molecule is CCC1CCNC(C(=O)Nc2cccnc2OC)C1. The molecule has 1 aromatic heterocycles. The number of carbonyl (C=O) groups excluding carboxylic acids is 1. The molecule has 19 heavy (non-hydrogen) atoms. The summed E-state index contributed by atoms with van der Waals surface area (Å²) >= 11 is 0. The molecule has 0 saturated carbocycles. The van der Waals surface area contributed by atoms with Crippen molar-refractivity contribution in [2.24, 2.45) is 5.92 Å². The number of pyridine rings is 1. The maximum atomic E-state index is 12.2. The molecule has 2 heterocycles. The summed E-state index contributed by atoms with van der Waals surface area (Å²) in [6.45, 7) is 3.08. The van der Waals surface area contributed by atoms with Gasteiger partial charge in [0.2, 0.25) is 11.8 Å². The van der Waals surface area contributed by atoms with Crippen LogP contribution in [0.5, 0.6) is 5.88 Å². The first kappa shape index (κ1) is 13.8. The molecule has 1 aliphatic heterocycles. The van der Waals surface area contributed by atoms with Crippen LogP contribution in [0.1, 0.15) is 26.2 Å². The van der Waals surface area contributed by atoms with Crippen LogP contribution in [0.4, 0.5) is 5.69 Å². The predicted molar refractivity (Wildman–Crippen MR) is 74.2 cm³/mol. The summed E-state index contributed by atoms with van der Waals surface area (Å²) in [6, 6.07) is 3.45. The third kappa shape index (κ3) is 3.44. The van der Waals surface area contributed by atoms with Gasteiger partial charge in [-0.2, -0.15) is 0 Å². The van der Waals surface area contributed by atoms with E-state index in [1.807, 2.05) is 0 Å². The molecule has 2 unspecified atom stereocenters. The summed E-state index contributed by atoms with van der Waals surface area (Å²) in [6.07, 6.45) is 4.81. The van der Waals surface area contributed by atoms with Gasteiger partial charge >= 0.3 is 0 Å². The van der Waals surface area contributed by atoms with Crippen molar-refractivity contribution >= 4 is 11.6 Å². The summed E-state index contributed by atoms with van der Waals surface area (Å²) < 4.78 is 5.13. The summed E-state index contributed by atoms with van der Waals surface area (Å²) in [5.41, 5.74) is 0.621. The second-order valence-corrected chi connectivity index (χ2v) is 4.85. The number of amides is 1. The Morgan fingerprint density at radius 2 is 2.47 bits per heavy atom. The highest BCUT2D eigenvalue weighted by atomic mass is 16.5. The third-order valence-corrected chi connectivity index (χ3v) is 3.63. The van der Waals surface area contributed by atoms with Crippen molar-refractivity contribution in [1.29, 1.82) is 0 Å². The first-order valence-electron chi connectivity index (χ1n) is 6.77. The van der Waals surface area contributed by atoms with Crippen molar-refractivity contribution in [1.82, 2.24) is 10.3 Å². The lowest BCUT2D eigenvalue weighted by atomic mass is 9.90. The number of rotatable bonds is 4. The van der Waals surface area contributed by atoms with Crippen LogP contribution in [-0.4, -0.2) is 30.6 Å². The van der Waals surface area contributed by atoms with Gasteiger partial charge in [0, 0.05) is 6.20 Å². The molecule has 0 aliphatic carbocycles. The molecule has 5 nitrogen and oxygen atoms in total. The van der Waals surface area contributed by atoms with Gasteiger partial charge in [-0.05, 0) is 37.4 Å². The fraction of sp³-hybridized carbons (Fsp3) is 0.571. The fourth-order valence-electron chi connectivity index (χ4n) is 2.44. The van der Waals surface area contributed by atoms with E-state index in [9.17, 15) is 4.79 Å². The smallest absolute Gasteiger partial charge is 0.241 e. The molecule has 0 aromatic carbocycles. The Morgan fingerprint density at radius 1 is 1.63 bits per heavy atom. The first-order valence-corrected chi connectivity index (χ1v) is 6.77. The Hall–Kier alpha value is -1.62. The van der Waals surface area contributed by atoms with Crippen LogP contribution in [-0.2, 0) is 4.79 Å². The van der Waals surface area contributed by atoms with Crippen LogP contribution in [0, 0.1) is 5.92 Å². The average molecular weight is 263 g/mol. The van der Waals surface area contributed by atoms with E-state index in [1.54, 1.807) is 25.4 Å². The second kappa shape index (κ2) is 6.52. The summed E-state index contributed by atoms with van der Waals surface area (Å²) in [5, 5.41) is 6.15. The number of anilines is 1. The van der Waals surface area contributed by atoms with Gasteiger partial charge in [-0.15, -0.1) is 0 Å². The van der Waals surface area contributed by atoms with Gasteiger partial charge in [0.1, 0.15) is 5.69 Å². The molecule has 5 heteroatoms. The molecule has 0 radical (unpaired) electrons. The highest BCUT2D eigenvalue weighted by Gasteiger charge is 2.26. The number of hydrogen-bond acceptors (Lipinski definition) is 4. The number of methoxy groups -OCH3 is 1. The largest absolute Gasteiger partial charge is 0.480 e. The Balaban J connectivity index is 2.00. The van der Waals surface area contributed by atoms with Crippen molar-refractivity contribution in [3.63, 3.8) is 0 Å². The van der Waals surface area contributed by atoms with Crippen LogP contribution in [0.15, 0.2) is 18.3 Å². The number of nitrogens with zero attached hydrogens (tertiary/aromatic N) is 1. The molecule has 1 saturated heterocycles. The molecule has 0 bridgehead atoms. The van der Waals surface area contributed by atoms with Gasteiger partial charge in [-0.25, -0.2) is 4.98 Å². The Kier molecular flexibility index (Phi) is 4.74. The Morgan fingerprint density at radius 3 is 3.21 bits per heavy atom. The van der Waals surface area contributed by atoms with Crippen LogP contribution in [0.3, 0.4) is 0 Å². The monoisotopic (exact) mass is 263 g/mol. The van der Waals surface area contributed by atoms with Crippen LogP contribution in [0.25, 0.3) is 0 Å². The lowest BCUT2D eigenvalue weighted by Gasteiger charge is -2.28.